The first-order valence-electron chi connectivity index (χ1n) is 4.39. The van der Waals surface area contributed by atoms with E-state index in [0.717, 1.165) is 18.6 Å². The largest absolute Gasteiger partial charge is 0.493 e. The lowest BCUT2D eigenvalue weighted by atomic mass is 10.1. The van der Waals surface area contributed by atoms with Crippen molar-refractivity contribution in [2.45, 2.75) is 31.8 Å². The van der Waals surface area contributed by atoms with Crippen molar-refractivity contribution in [1.82, 2.24) is 0 Å². The molecule has 0 N–H and O–H groups in total. The van der Waals surface area contributed by atoms with E-state index >= 15 is 0 Å². The fourth-order valence-electron chi connectivity index (χ4n) is 1.32. The Bertz CT molecular complexity index is 190. The standard InChI is InChI=1S/C10H16O2/c1-11-9-5-3-4-6-10(12-2)8-7-9/h7,9H,3-6H2,1-2H3. The molecule has 12 heavy (non-hydrogen) atoms. The van der Waals surface area contributed by atoms with Crippen molar-refractivity contribution in [3.63, 3.8) is 0 Å². The Morgan fingerprint density at radius 2 is 2.25 bits per heavy atom. The van der Waals surface area contributed by atoms with Crippen LogP contribution in [0.15, 0.2) is 17.6 Å². The zero-order valence-corrected chi connectivity index (χ0v) is 7.80. The summed E-state index contributed by atoms with van der Waals surface area (Å²) in [5, 5.41) is 0. The van der Waals surface area contributed by atoms with Gasteiger partial charge in [-0.05, 0) is 18.9 Å². The van der Waals surface area contributed by atoms with Crippen LogP contribution in [0.25, 0.3) is 0 Å². The summed E-state index contributed by atoms with van der Waals surface area (Å²) in [4.78, 5) is 0. The second-order valence-corrected chi connectivity index (χ2v) is 2.96. The van der Waals surface area contributed by atoms with Crippen LogP contribution in [0.1, 0.15) is 25.7 Å². The van der Waals surface area contributed by atoms with Crippen LogP contribution in [0, 0.1) is 0 Å². The highest BCUT2D eigenvalue weighted by molar-refractivity contribution is 4.98. The fraction of sp³-hybridized carbons (Fsp3) is 0.700. The van der Waals surface area contributed by atoms with Gasteiger partial charge in [0.2, 0.25) is 0 Å². The molecule has 0 saturated carbocycles. The number of methoxy groups -OCH3 is 2. The molecule has 0 saturated heterocycles. The maximum atomic E-state index is 5.23. The van der Waals surface area contributed by atoms with Crippen LogP contribution in [0.2, 0.25) is 0 Å². The molecule has 2 heteroatoms. The molecule has 0 aliphatic heterocycles. The van der Waals surface area contributed by atoms with Gasteiger partial charge in [-0.2, -0.15) is 0 Å². The van der Waals surface area contributed by atoms with E-state index in [1.54, 1.807) is 14.2 Å². The molecule has 0 aromatic carbocycles. The van der Waals surface area contributed by atoms with Crippen molar-refractivity contribution < 1.29 is 9.47 Å². The van der Waals surface area contributed by atoms with Crippen molar-refractivity contribution in [2.75, 3.05) is 14.2 Å². The molecule has 0 spiro atoms. The van der Waals surface area contributed by atoms with E-state index in [2.05, 4.69) is 5.73 Å². The van der Waals surface area contributed by atoms with Crippen molar-refractivity contribution in [3.05, 3.63) is 17.6 Å². The van der Waals surface area contributed by atoms with Gasteiger partial charge in [0, 0.05) is 13.5 Å². The smallest absolute Gasteiger partial charge is 0.137 e. The zero-order chi connectivity index (χ0) is 8.81. The average Bonchev–Trinajstić information content (AvgIpc) is 2.05. The molecule has 1 atom stereocenters. The Labute approximate surface area is 73.9 Å². The monoisotopic (exact) mass is 168 g/mol. The van der Waals surface area contributed by atoms with Crippen LogP contribution in [0.5, 0.6) is 0 Å². The summed E-state index contributed by atoms with van der Waals surface area (Å²) >= 11 is 0. The van der Waals surface area contributed by atoms with Crippen molar-refractivity contribution >= 4 is 0 Å². The summed E-state index contributed by atoms with van der Waals surface area (Å²) in [6, 6.07) is 0. The van der Waals surface area contributed by atoms with Gasteiger partial charge in [-0.25, -0.2) is 0 Å². The molecule has 1 unspecified atom stereocenters. The first kappa shape index (κ1) is 9.37. The summed E-state index contributed by atoms with van der Waals surface area (Å²) in [6.45, 7) is 0. The minimum absolute atomic E-state index is 0.218. The van der Waals surface area contributed by atoms with Gasteiger partial charge in [-0.1, -0.05) is 12.2 Å². The summed E-state index contributed by atoms with van der Waals surface area (Å²) in [5.41, 5.74) is 3.12. The van der Waals surface area contributed by atoms with Crippen LogP contribution in [0.3, 0.4) is 0 Å². The van der Waals surface area contributed by atoms with Gasteiger partial charge in [-0.3, -0.25) is 0 Å². The van der Waals surface area contributed by atoms with Gasteiger partial charge in [0.1, 0.15) is 5.76 Å². The van der Waals surface area contributed by atoms with E-state index in [1.165, 1.54) is 12.8 Å². The summed E-state index contributed by atoms with van der Waals surface area (Å²) in [5.74, 6) is 0.941. The highest BCUT2D eigenvalue weighted by Crippen LogP contribution is 2.14. The Kier molecular flexibility index (Phi) is 3.92. The van der Waals surface area contributed by atoms with Crippen molar-refractivity contribution in [1.29, 1.82) is 0 Å². The van der Waals surface area contributed by atoms with Gasteiger partial charge in [0.25, 0.3) is 0 Å². The van der Waals surface area contributed by atoms with Crippen LogP contribution in [-0.4, -0.2) is 20.3 Å². The Morgan fingerprint density at radius 3 is 2.92 bits per heavy atom. The molecule has 2 nitrogen and oxygen atoms in total. The van der Waals surface area contributed by atoms with Crippen LogP contribution in [-0.2, 0) is 9.47 Å². The van der Waals surface area contributed by atoms with E-state index in [9.17, 15) is 0 Å². The van der Waals surface area contributed by atoms with Gasteiger partial charge in [-0.15, -0.1) is 0 Å². The lowest BCUT2D eigenvalue weighted by Crippen LogP contribution is -2.07. The van der Waals surface area contributed by atoms with Crippen LogP contribution in [0.4, 0.5) is 0 Å². The molecule has 0 aromatic rings. The Balaban J connectivity index is 2.65. The number of hydrogen-bond donors (Lipinski definition) is 0. The lowest BCUT2D eigenvalue weighted by molar-refractivity contribution is 0.129. The molecule has 0 fully saturated rings. The minimum atomic E-state index is 0.218. The van der Waals surface area contributed by atoms with E-state index < -0.39 is 0 Å². The molecule has 0 radical (unpaired) electrons. The lowest BCUT2D eigenvalue weighted by Gasteiger charge is -2.12. The second-order valence-electron chi connectivity index (χ2n) is 2.96. The normalized spacial score (nSPS) is 24.2. The van der Waals surface area contributed by atoms with Gasteiger partial charge >= 0.3 is 0 Å². The quantitative estimate of drug-likeness (QED) is 0.589. The van der Waals surface area contributed by atoms with Crippen molar-refractivity contribution in [3.8, 4) is 0 Å². The first-order chi connectivity index (χ1) is 5.86. The third-order valence-electron chi connectivity index (χ3n) is 2.12. The molecule has 1 aliphatic carbocycles. The molecule has 1 aliphatic rings. The van der Waals surface area contributed by atoms with E-state index in [1.807, 2.05) is 6.08 Å². The van der Waals surface area contributed by atoms with Crippen LogP contribution >= 0.6 is 0 Å². The predicted molar refractivity (Wildman–Crippen MR) is 47.9 cm³/mol. The average molecular weight is 168 g/mol. The second kappa shape index (κ2) is 5.02. The summed E-state index contributed by atoms with van der Waals surface area (Å²) in [6.07, 6.45) is 6.64. The third kappa shape index (κ3) is 2.72. The maximum absolute atomic E-state index is 5.23. The molecule has 0 bridgehead atoms. The van der Waals surface area contributed by atoms with Gasteiger partial charge in [0.15, 0.2) is 0 Å². The minimum Gasteiger partial charge on any atom is -0.493 e. The van der Waals surface area contributed by atoms with Crippen molar-refractivity contribution in [2.24, 2.45) is 0 Å². The Morgan fingerprint density at radius 1 is 1.42 bits per heavy atom. The Hall–Kier alpha value is -0.720. The first-order valence-corrected chi connectivity index (χ1v) is 4.39. The number of rotatable bonds is 2. The van der Waals surface area contributed by atoms with Gasteiger partial charge in [0.05, 0.1) is 13.2 Å². The van der Waals surface area contributed by atoms with Crippen LogP contribution < -0.4 is 0 Å². The number of hydrogen-bond acceptors (Lipinski definition) is 2. The molecule has 0 amide bonds. The predicted octanol–water partition coefficient (Wildman–Crippen LogP) is 2.26. The molecule has 0 aromatic heterocycles. The SMILES string of the molecule is COC1=C=CC(OC)CCCC1. The van der Waals surface area contributed by atoms with E-state index in [4.69, 9.17) is 9.47 Å². The summed E-state index contributed by atoms with van der Waals surface area (Å²) in [7, 11) is 3.43. The third-order valence-corrected chi connectivity index (χ3v) is 2.12. The van der Waals surface area contributed by atoms with Gasteiger partial charge < -0.3 is 9.47 Å². The fourth-order valence-corrected chi connectivity index (χ4v) is 1.32. The zero-order valence-electron chi connectivity index (χ0n) is 7.80. The van der Waals surface area contributed by atoms with E-state index in [0.29, 0.717) is 0 Å². The number of ether oxygens (including phenoxy) is 2. The van der Waals surface area contributed by atoms with E-state index in [-0.39, 0.29) is 6.10 Å². The maximum Gasteiger partial charge on any atom is 0.137 e. The topological polar surface area (TPSA) is 18.5 Å². The molecule has 0 heterocycles. The molecular formula is C10H16O2. The highest BCUT2D eigenvalue weighted by atomic mass is 16.5. The molecular weight excluding hydrogens is 152 g/mol. The summed E-state index contributed by atoms with van der Waals surface area (Å²) < 4.78 is 10.4. The molecule has 1 rings (SSSR count). The molecule has 68 valence electrons. The highest BCUT2D eigenvalue weighted by Gasteiger charge is 2.06.